The summed E-state index contributed by atoms with van der Waals surface area (Å²) < 4.78 is 0. The van der Waals surface area contributed by atoms with Gasteiger partial charge in [-0.15, -0.1) is 0 Å². The molecule has 0 bridgehead atoms. The number of carbonyl (C=O) groups excluding carboxylic acids is 2. The van der Waals surface area contributed by atoms with Crippen LogP contribution in [-0.4, -0.2) is 28.1 Å². The topological polar surface area (TPSA) is 74.6 Å². The summed E-state index contributed by atoms with van der Waals surface area (Å²) in [5.41, 5.74) is 0. The second-order valence-electron chi connectivity index (χ2n) is 3.38. The van der Waals surface area contributed by atoms with Crippen LogP contribution >= 0.6 is 0 Å². The minimum absolute atomic E-state index is 0.0763. The predicted octanol–water partition coefficient (Wildman–Crippen LogP) is 0.962. The minimum atomic E-state index is -1.61. The van der Waals surface area contributed by atoms with E-state index in [2.05, 4.69) is 0 Å². The van der Waals surface area contributed by atoms with E-state index in [1.165, 1.54) is 6.08 Å². The van der Waals surface area contributed by atoms with E-state index in [0.717, 1.165) is 12.8 Å². The third-order valence-corrected chi connectivity index (χ3v) is 1.82. The van der Waals surface area contributed by atoms with Crippen molar-refractivity contribution in [1.82, 2.24) is 0 Å². The van der Waals surface area contributed by atoms with Gasteiger partial charge in [-0.2, -0.15) is 0 Å². The predicted molar refractivity (Wildman–Crippen MR) is 56.1 cm³/mol. The van der Waals surface area contributed by atoms with Crippen molar-refractivity contribution < 1.29 is 19.8 Å². The highest BCUT2D eigenvalue weighted by Crippen LogP contribution is 2.00. The van der Waals surface area contributed by atoms with E-state index >= 15 is 0 Å². The van der Waals surface area contributed by atoms with Gasteiger partial charge in [0.15, 0.2) is 12.1 Å². The number of aliphatic hydroxyl groups excluding tert-OH is 1. The summed E-state index contributed by atoms with van der Waals surface area (Å²) in [6.45, 7) is 2.01. The Kier molecular flexibility index (Phi) is 7.77. The Morgan fingerprint density at radius 1 is 1.27 bits per heavy atom. The number of hydrogen-bond donors (Lipinski definition) is 2. The molecule has 0 radical (unpaired) electrons. The quantitative estimate of drug-likeness (QED) is 0.466. The van der Waals surface area contributed by atoms with Crippen LogP contribution in [0.5, 0.6) is 0 Å². The molecule has 0 unspecified atom stereocenters. The molecule has 0 aliphatic carbocycles. The van der Waals surface area contributed by atoms with Gasteiger partial charge in [0.25, 0.3) is 0 Å². The molecule has 0 amide bonds. The Labute approximate surface area is 89.6 Å². The van der Waals surface area contributed by atoms with Gasteiger partial charge in [0.05, 0.1) is 6.42 Å². The summed E-state index contributed by atoms with van der Waals surface area (Å²) in [6, 6.07) is 0. The van der Waals surface area contributed by atoms with Gasteiger partial charge >= 0.3 is 0 Å². The lowest BCUT2D eigenvalue weighted by atomic mass is 10.1. The Balaban J connectivity index is 3.66. The van der Waals surface area contributed by atoms with Gasteiger partial charge in [-0.25, -0.2) is 0 Å². The van der Waals surface area contributed by atoms with E-state index in [9.17, 15) is 9.59 Å². The lowest BCUT2D eigenvalue weighted by molar-refractivity contribution is -0.129. The molecule has 0 aliphatic heterocycles. The van der Waals surface area contributed by atoms with Crippen LogP contribution in [-0.2, 0) is 9.59 Å². The largest absolute Gasteiger partial charge is 0.368 e. The molecule has 2 N–H and O–H groups in total. The molecule has 4 nitrogen and oxygen atoms in total. The molecule has 0 aromatic carbocycles. The number of unbranched alkanes of at least 4 members (excludes halogenated alkanes) is 1. The Morgan fingerprint density at radius 2 is 1.93 bits per heavy atom. The number of Topliss-reactive ketones (excluding diaryl/α,β-unsaturated/α-hetero) is 1. The van der Waals surface area contributed by atoms with Crippen LogP contribution in [0.15, 0.2) is 12.2 Å². The van der Waals surface area contributed by atoms with Crippen LogP contribution in [0.1, 0.15) is 39.0 Å². The number of rotatable bonds is 8. The zero-order valence-electron chi connectivity index (χ0n) is 8.98. The molecule has 0 saturated carbocycles. The van der Waals surface area contributed by atoms with E-state index in [4.69, 9.17) is 10.2 Å². The second kappa shape index (κ2) is 8.32. The van der Waals surface area contributed by atoms with Gasteiger partial charge in [-0.1, -0.05) is 19.4 Å². The molecular formula is C11H18O4. The van der Waals surface area contributed by atoms with Gasteiger partial charge in [0.2, 0.25) is 0 Å². The Bertz CT molecular complexity index is 231. The maximum atomic E-state index is 11.1. The third-order valence-electron chi connectivity index (χ3n) is 1.82. The fourth-order valence-electron chi connectivity index (χ4n) is 1.03. The standard InChI is InChI=1S/C11H18O4/c1-2-3-4-5-9(12)6-7-10(13)8-11(14)15/h4-5,11,14-15H,2-3,6-8H2,1H3/b5-4+. The maximum Gasteiger partial charge on any atom is 0.158 e. The normalized spacial score (nSPS) is 11.2. The molecule has 0 spiro atoms. The molecule has 15 heavy (non-hydrogen) atoms. The number of aliphatic hydroxyl groups is 2. The first-order valence-corrected chi connectivity index (χ1v) is 5.13. The molecule has 0 heterocycles. The van der Waals surface area contributed by atoms with Crippen LogP contribution in [0.25, 0.3) is 0 Å². The van der Waals surface area contributed by atoms with E-state index < -0.39 is 6.29 Å². The summed E-state index contributed by atoms with van der Waals surface area (Å²) in [5, 5.41) is 17.0. The Hall–Kier alpha value is -1.00. The van der Waals surface area contributed by atoms with Gasteiger partial charge in [0, 0.05) is 12.8 Å². The van der Waals surface area contributed by atoms with Crippen molar-refractivity contribution in [3.63, 3.8) is 0 Å². The lowest BCUT2D eigenvalue weighted by Crippen LogP contribution is -2.12. The SMILES string of the molecule is CCC/C=C/C(=O)CCC(=O)CC(O)O. The van der Waals surface area contributed by atoms with E-state index in [1.807, 2.05) is 6.92 Å². The van der Waals surface area contributed by atoms with Crippen molar-refractivity contribution in [2.75, 3.05) is 0 Å². The van der Waals surface area contributed by atoms with Crippen molar-refractivity contribution >= 4 is 11.6 Å². The summed E-state index contributed by atoms with van der Waals surface area (Å²) in [4.78, 5) is 22.1. The summed E-state index contributed by atoms with van der Waals surface area (Å²) in [6.07, 6.45) is 3.42. The average Bonchev–Trinajstić information content (AvgIpc) is 2.14. The Morgan fingerprint density at radius 3 is 2.47 bits per heavy atom. The minimum Gasteiger partial charge on any atom is -0.368 e. The van der Waals surface area contributed by atoms with Crippen LogP contribution < -0.4 is 0 Å². The molecule has 0 aromatic heterocycles. The molecule has 0 aliphatic rings. The van der Waals surface area contributed by atoms with Crippen molar-refractivity contribution in [1.29, 1.82) is 0 Å². The zero-order chi connectivity index (χ0) is 11.7. The van der Waals surface area contributed by atoms with Crippen molar-refractivity contribution in [2.24, 2.45) is 0 Å². The number of carbonyl (C=O) groups is 2. The highest BCUT2D eigenvalue weighted by atomic mass is 16.5. The van der Waals surface area contributed by atoms with Crippen molar-refractivity contribution in [3.05, 3.63) is 12.2 Å². The van der Waals surface area contributed by atoms with E-state index in [-0.39, 0.29) is 30.8 Å². The highest BCUT2D eigenvalue weighted by molar-refractivity contribution is 5.92. The summed E-state index contributed by atoms with van der Waals surface area (Å²) in [7, 11) is 0. The molecule has 0 atom stereocenters. The molecule has 0 fully saturated rings. The van der Waals surface area contributed by atoms with Crippen LogP contribution in [0.3, 0.4) is 0 Å². The smallest absolute Gasteiger partial charge is 0.158 e. The first-order valence-electron chi connectivity index (χ1n) is 5.13. The maximum absolute atomic E-state index is 11.1. The fourth-order valence-corrected chi connectivity index (χ4v) is 1.03. The third kappa shape index (κ3) is 9.31. The van der Waals surface area contributed by atoms with Crippen LogP contribution in [0.4, 0.5) is 0 Å². The van der Waals surface area contributed by atoms with E-state index in [1.54, 1.807) is 6.08 Å². The van der Waals surface area contributed by atoms with Gasteiger partial charge in [-0.05, 0) is 12.5 Å². The first kappa shape index (κ1) is 14.0. The van der Waals surface area contributed by atoms with Crippen LogP contribution in [0, 0.1) is 0 Å². The molecule has 0 rings (SSSR count). The highest BCUT2D eigenvalue weighted by Gasteiger charge is 2.08. The van der Waals surface area contributed by atoms with E-state index in [0.29, 0.717) is 0 Å². The van der Waals surface area contributed by atoms with Crippen molar-refractivity contribution in [2.45, 2.75) is 45.3 Å². The number of ketones is 2. The first-order chi connectivity index (χ1) is 7.06. The molecule has 0 saturated heterocycles. The number of allylic oxidation sites excluding steroid dienone is 2. The van der Waals surface area contributed by atoms with Gasteiger partial charge < -0.3 is 10.2 Å². The summed E-state index contributed by atoms with van der Waals surface area (Å²) in [5.74, 6) is -0.397. The molecular weight excluding hydrogens is 196 g/mol. The average molecular weight is 214 g/mol. The zero-order valence-corrected chi connectivity index (χ0v) is 8.98. The van der Waals surface area contributed by atoms with Gasteiger partial charge in [-0.3, -0.25) is 9.59 Å². The van der Waals surface area contributed by atoms with Crippen LogP contribution in [0.2, 0.25) is 0 Å². The van der Waals surface area contributed by atoms with Crippen molar-refractivity contribution in [3.8, 4) is 0 Å². The monoisotopic (exact) mass is 214 g/mol. The lowest BCUT2D eigenvalue weighted by Gasteiger charge is -2.00. The second-order valence-corrected chi connectivity index (χ2v) is 3.38. The fraction of sp³-hybridized carbons (Fsp3) is 0.636. The molecule has 86 valence electrons. The summed E-state index contributed by atoms with van der Waals surface area (Å²) >= 11 is 0. The molecule has 0 aromatic rings. The molecule has 4 heteroatoms. The van der Waals surface area contributed by atoms with Gasteiger partial charge in [0.1, 0.15) is 5.78 Å². The number of hydrogen-bond acceptors (Lipinski definition) is 4.